The lowest BCUT2D eigenvalue weighted by molar-refractivity contribution is 0.0688. The molecule has 0 fully saturated rings. The summed E-state index contributed by atoms with van der Waals surface area (Å²) in [6.45, 7) is 6.06. The molecular formula is C21H19Cl2N3O. The molecule has 2 aromatic carbocycles. The molecule has 1 amide bonds. The van der Waals surface area contributed by atoms with Gasteiger partial charge in [0.1, 0.15) is 5.69 Å². The zero-order chi connectivity index (χ0) is 19.3. The number of aryl methyl sites for hydroxylation is 1. The largest absolute Gasteiger partial charge is 0.324 e. The van der Waals surface area contributed by atoms with E-state index in [4.69, 9.17) is 23.2 Å². The molecule has 2 heterocycles. The lowest BCUT2D eigenvalue weighted by atomic mass is 9.95. The van der Waals surface area contributed by atoms with Crippen LogP contribution in [0, 0.1) is 6.92 Å². The third-order valence-corrected chi connectivity index (χ3v) is 5.68. The molecule has 1 N–H and O–H groups in total. The van der Waals surface area contributed by atoms with Gasteiger partial charge in [0.05, 0.1) is 21.8 Å². The number of benzene rings is 2. The molecule has 1 atom stereocenters. The normalized spacial score (nSPS) is 16.3. The standard InChI is InChI=1S/C21H19Cl2N3O/c1-11(2)26-20(14-8-9-15(22)16(23)10-14)17-18(24-25-19(17)21(26)27)13-6-4-12(3)5-7-13/h4-11,20H,1-3H3,(H,24,25). The summed E-state index contributed by atoms with van der Waals surface area (Å²) < 4.78 is 0. The number of carbonyl (C=O) groups excluding carboxylic acids is 1. The number of aromatic amines is 1. The van der Waals surface area contributed by atoms with Crippen LogP contribution in [0.15, 0.2) is 42.5 Å². The van der Waals surface area contributed by atoms with Crippen LogP contribution in [0.4, 0.5) is 0 Å². The van der Waals surface area contributed by atoms with Crippen LogP contribution in [-0.2, 0) is 0 Å². The van der Waals surface area contributed by atoms with Crippen LogP contribution < -0.4 is 0 Å². The topological polar surface area (TPSA) is 49.0 Å². The van der Waals surface area contributed by atoms with Crippen molar-refractivity contribution >= 4 is 29.1 Å². The molecule has 0 aliphatic carbocycles. The highest BCUT2D eigenvalue weighted by Crippen LogP contribution is 2.44. The molecule has 0 bridgehead atoms. The number of halogens is 2. The third-order valence-electron chi connectivity index (χ3n) is 4.94. The minimum absolute atomic E-state index is 0.0172. The maximum absolute atomic E-state index is 13.1. The Hall–Kier alpha value is -2.30. The quantitative estimate of drug-likeness (QED) is 0.618. The number of rotatable bonds is 3. The van der Waals surface area contributed by atoms with Gasteiger partial charge in [0.2, 0.25) is 0 Å². The molecule has 27 heavy (non-hydrogen) atoms. The number of carbonyl (C=O) groups is 1. The van der Waals surface area contributed by atoms with Gasteiger partial charge in [-0.2, -0.15) is 5.10 Å². The molecule has 138 valence electrons. The van der Waals surface area contributed by atoms with Gasteiger partial charge in [-0.15, -0.1) is 0 Å². The van der Waals surface area contributed by atoms with Crippen molar-refractivity contribution in [2.45, 2.75) is 32.9 Å². The van der Waals surface area contributed by atoms with Crippen molar-refractivity contribution in [3.05, 3.63) is 74.9 Å². The van der Waals surface area contributed by atoms with Crippen molar-refractivity contribution in [2.75, 3.05) is 0 Å². The van der Waals surface area contributed by atoms with Crippen LogP contribution in [0.1, 0.15) is 47.1 Å². The summed E-state index contributed by atoms with van der Waals surface area (Å²) in [6, 6.07) is 13.4. The Kier molecular flexibility index (Phi) is 4.49. The van der Waals surface area contributed by atoms with Crippen molar-refractivity contribution in [3.8, 4) is 11.3 Å². The van der Waals surface area contributed by atoms with Crippen molar-refractivity contribution in [1.29, 1.82) is 0 Å². The Bertz CT molecular complexity index is 1020. The monoisotopic (exact) mass is 399 g/mol. The lowest BCUT2D eigenvalue weighted by Gasteiger charge is -2.30. The number of nitrogens with zero attached hydrogens (tertiary/aromatic N) is 2. The Morgan fingerprint density at radius 1 is 1.07 bits per heavy atom. The predicted octanol–water partition coefficient (Wildman–Crippen LogP) is 5.65. The molecular weight excluding hydrogens is 381 g/mol. The molecule has 3 aromatic rings. The molecule has 1 aromatic heterocycles. The van der Waals surface area contributed by atoms with Crippen LogP contribution in [0.2, 0.25) is 10.0 Å². The van der Waals surface area contributed by atoms with Gasteiger partial charge in [-0.1, -0.05) is 59.1 Å². The number of amides is 1. The van der Waals surface area contributed by atoms with E-state index in [9.17, 15) is 4.79 Å². The average molecular weight is 400 g/mol. The Morgan fingerprint density at radius 3 is 2.41 bits per heavy atom. The summed E-state index contributed by atoms with van der Waals surface area (Å²) in [6.07, 6.45) is 0. The fraction of sp³-hybridized carbons (Fsp3) is 0.238. The summed E-state index contributed by atoms with van der Waals surface area (Å²) in [5.74, 6) is -0.0538. The Morgan fingerprint density at radius 2 is 1.78 bits per heavy atom. The van der Waals surface area contributed by atoms with Gasteiger partial charge in [-0.3, -0.25) is 9.89 Å². The van der Waals surface area contributed by atoms with Gasteiger partial charge in [-0.05, 0) is 38.5 Å². The maximum atomic E-state index is 13.1. The second-order valence-corrected chi connectivity index (χ2v) is 7.92. The Balaban J connectivity index is 1.92. The summed E-state index contributed by atoms with van der Waals surface area (Å²) in [4.78, 5) is 14.9. The van der Waals surface area contributed by atoms with E-state index in [1.807, 2.05) is 62.1 Å². The molecule has 1 aliphatic rings. The second-order valence-electron chi connectivity index (χ2n) is 7.11. The summed E-state index contributed by atoms with van der Waals surface area (Å²) in [5.41, 5.74) is 5.28. The van der Waals surface area contributed by atoms with Gasteiger partial charge in [0, 0.05) is 17.2 Å². The second kappa shape index (κ2) is 6.70. The van der Waals surface area contributed by atoms with Gasteiger partial charge in [0.15, 0.2) is 0 Å². The van der Waals surface area contributed by atoms with E-state index < -0.39 is 0 Å². The fourth-order valence-corrected chi connectivity index (χ4v) is 3.95. The lowest BCUT2D eigenvalue weighted by Crippen LogP contribution is -2.35. The zero-order valence-corrected chi connectivity index (χ0v) is 16.8. The minimum atomic E-state index is -0.266. The first-order chi connectivity index (χ1) is 12.9. The van der Waals surface area contributed by atoms with Crippen LogP contribution in [0.5, 0.6) is 0 Å². The van der Waals surface area contributed by atoms with E-state index in [0.717, 1.165) is 22.4 Å². The Labute approximate surface area is 168 Å². The molecule has 1 aliphatic heterocycles. The van der Waals surface area contributed by atoms with E-state index in [1.165, 1.54) is 5.56 Å². The van der Waals surface area contributed by atoms with Crippen LogP contribution >= 0.6 is 23.2 Å². The number of nitrogens with one attached hydrogen (secondary N) is 1. The fourth-order valence-electron chi connectivity index (χ4n) is 3.64. The van der Waals surface area contributed by atoms with Gasteiger partial charge >= 0.3 is 0 Å². The third kappa shape index (κ3) is 2.93. The van der Waals surface area contributed by atoms with E-state index >= 15 is 0 Å². The molecule has 4 nitrogen and oxygen atoms in total. The summed E-state index contributed by atoms with van der Waals surface area (Å²) in [7, 11) is 0. The number of H-pyrrole nitrogens is 1. The van der Waals surface area contributed by atoms with Gasteiger partial charge in [0.25, 0.3) is 5.91 Å². The first-order valence-electron chi connectivity index (χ1n) is 8.81. The molecule has 0 spiro atoms. The molecule has 0 saturated heterocycles. The zero-order valence-electron chi connectivity index (χ0n) is 15.3. The molecule has 4 rings (SSSR count). The summed E-state index contributed by atoms with van der Waals surface area (Å²) >= 11 is 12.4. The van der Waals surface area contributed by atoms with E-state index in [-0.39, 0.29) is 18.0 Å². The van der Waals surface area contributed by atoms with Gasteiger partial charge < -0.3 is 4.90 Å². The first kappa shape index (κ1) is 18.1. The summed E-state index contributed by atoms with van der Waals surface area (Å²) in [5, 5.41) is 8.39. The molecule has 1 unspecified atom stereocenters. The number of hydrogen-bond donors (Lipinski definition) is 1. The molecule has 6 heteroatoms. The van der Waals surface area contributed by atoms with E-state index in [2.05, 4.69) is 10.2 Å². The molecule has 0 radical (unpaired) electrons. The number of aromatic nitrogens is 2. The smallest absolute Gasteiger partial charge is 0.273 e. The van der Waals surface area contributed by atoms with Crippen LogP contribution in [0.25, 0.3) is 11.3 Å². The highest BCUT2D eigenvalue weighted by Gasteiger charge is 2.43. The predicted molar refractivity (Wildman–Crippen MR) is 108 cm³/mol. The van der Waals surface area contributed by atoms with Crippen molar-refractivity contribution < 1.29 is 4.79 Å². The highest BCUT2D eigenvalue weighted by molar-refractivity contribution is 6.42. The highest BCUT2D eigenvalue weighted by atomic mass is 35.5. The SMILES string of the molecule is Cc1ccc(-c2n[nH]c3c2C(c2ccc(Cl)c(Cl)c2)N(C(C)C)C3=O)cc1. The number of fused-ring (bicyclic) bond motifs is 1. The van der Waals surface area contributed by atoms with E-state index in [0.29, 0.717) is 15.7 Å². The number of hydrogen-bond acceptors (Lipinski definition) is 2. The van der Waals surface area contributed by atoms with Crippen LogP contribution in [0.3, 0.4) is 0 Å². The molecule has 0 saturated carbocycles. The van der Waals surface area contributed by atoms with Crippen molar-refractivity contribution in [1.82, 2.24) is 15.1 Å². The minimum Gasteiger partial charge on any atom is -0.324 e. The van der Waals surface area contributed by atoms with Crippen LogP contribution in [-0.4, -0.2) is 27.0 Å². The average Bonchev–Trinajstić information content (AvgIpc) is 3.17. The van der Waals surface area contributed by atoms with Crippen molar-refractivity contribution in [2.24, 2.45) is 0 Å². The van der Waals surface area contributed by atoms with Gasteiger partial charge in [-0.25, -0.2) is 0 Å². The maximum Gasteiger partial charge on any atom is 0.273 e. The first-order valence-corrected chi connectivity index (χ1v) is 9.57. The van der Waals surface area contributed by atoms with Crippen molar-refractivity contribution in [3.63, 3.8) is 0 Å². The van der Waals surface area contributed by atoms with E-state index in [1.54, 1.807) is 6.07 Å².